The molecule has 0 saturated heterocycles. The van der Waals surface area contributed by atoms with Crippen molar-refractivity contribution in [2.45, 2.75) is 32.5 Å². The minimum atomic E-state index is -3.61. The van der Waals surface area contributed by atoms with Gasteiger partial charge in [0.1, 0.15) is 0 Å². The smallest absolute Gasteiger partial charge is 0.324 e. The Kier molecular flexibility index (Phi) is 5.80. The Bertz CT molecular complexity index is 414. The third kappa shape index (κ3) is 5.63. The highest BCUT2D eigenvalue weighted by Gasteiger charge is 2.24. The molecule has 2 atom stereocenters. The summed E-state index contributed by atoms with van der Waals surface area (Å²) in [5, 5.41) is 0. The van der Waals surface area contributed by atoms with Crippen molar-refractivity contribution in [3.8, 4) is 0 Å². The molecule has 0 aliphatic heterocycles. The summed E-state index contributed by atoms with van der Waals surface area (Å²) in [7, 11) is -3.61. The van der Waals surface area contributed by atoms with Crippen LogP contribution < -0.4 is 0 Å². The molecular formula is C14H21O3P. The number of rotatable bonds is 7. The van der Waals surface area contributed by atoms with Gasteiger partial charge >= 0.3 is 7.60 Å². The van der Waals surface area contributed by atoms with Crippen molar-refractivity contribution in [3.05, 3.63) is 48.6 Å². The van der Waals surface area contributed by atoms with E-state index in [0.717, 1.165) is 5.56 Å². The average molecular weight is 268 g/mol. The molecule has 100 valence electrons. The Hall–Kier alpha value is -0.890. The molecule has 1 aromatic carbocycles. The Morgan fingerprint density at radius 1 is 1.39 bits per heavy atom. The first kappa shape index (κ1) is 15.2. The Balaban J connectivity index is 2.63. The van der Waals surface area contributed by atoms with Crippen LogP contribution in [0.1, 0.15) is 25.8 Å². The molecule has 1 aromatic rings. The summed E-state index contributed by atoms with van der Waals surface area (Å²) in [6.45, 7) is 7.73. The molecule has 1 N–H and O–H groups in total. The molecule has 0 amide bonds. The minimum Gasteiger partial charge on any atom is -0.324 e. The summed E-state index contributed by atoms with van der Waals surface area (Å²) < 4.78 is 17.3. The van der Waals surface area contributed by atoms with Crippen molar-refractivity contribution in [3.63, 3.8) is 0 Å². The van der Waals surface area contributed by atoms with E-state index in [1.165, 1.54) is 0 Å². The first-order valence-corrected chi connectivity index (χ1v) is 7.86. The van der Waals surface area contributed by atoms with Gasteiger partial charge < -0.3 is 9.42 Å². The minimum absolute atomic E-state index is 0.0380. The van der Waals surface area contributed by atoms with Gasteiger partial charge in [0.05, 0.1) is 12.3 Å². The van der Waals surface area contributed by atoms with Gasteiger partial charge in [0.15, 0.2) is 0 Å². The van der Waals surface area contributed by atoms with E-state index in [9.17, 15) is 9.46 Å². The number of hydrogen-bond donors (Lipinski definition) is 1. The Morgan fingerprint density at radius 2 is 2.00 bits per heavy atom. The lowest BCUT2D eigenvalue weighted by Crippen LogP contribution is -2.11. The summed E-state index contributed by atoms with van der Waals surface area (Å²) in [5.74, 6) is 0.393. The summed E-state index contributed by atoms with van der Waals surface area (Å²) in [5.41, 5.74) is 0.802. The predicted molar refractivity (Wildman–Crippen MR) is 74.5 cm³/mol. The van der Waals surface area contributed by atoms with Crippen LogP contribution in [0.3, 0.4) is 0 Å². The van der Waals surface area contributed by atoms with Crippen LogP contribution in [0.25, 0.3) is 0 Å². The molecule has 0 bridgehead atoms. The van der Waals surface area contributed by atoms with Crippen LogP contribution in [0.4, 0.5) is 0 Å². The van der Waals surface area contributed by atoms with Crippen LogP contribution in [-0.2, 0) is 15.3 Å². The zero-order valence-electron chi connectivity index (χ0n) is 11.0. The van der Waals surface area contributed by atoms with E-state index in [4.69, 9.17) is 4.52 Å². The van der Waals surface area contributed by atoms with E-state index < -0.39 is 7.60 Å². The third-order valence-corrected chi connectivity index (χ3v) is 3.86. The second kappa shape index (κ2) is 6.89. The molecule has 4 heteroatoms. The lowest BCUT2D eigenvalue weighted by Gasteiger charge is -2.20. The first-order valence-electron chi connectivity index (χ1n) is 6.09. The van der Waals surface area contributed by atoms with E-state index in [2.05, 4.69) is 6.58 Å². The molecule has 0 fully saturated rings. The topological polar surface area (TPSA) is 46.5 Å². The fourth-order valence-corrected chi connectivity index (χ4v) is 3.05. The highest BCUT2D eigenvalue weighted by molar-refractivity contribution is 7.52. The monoisotopic (exact) mass is 268 g/mol. The second-order valence-electron chi connectivity index (χ2n) is 4.79. The maximum absolute atomic E-state index is 12.0. The fourth-order valence-electron chi connectivity index (χ4n) is 1.71. The van der Waals surface area contributed by atoms with Crippen LogP contribution in [0, 0.1) is 5.92 Å². The van der Waals surface area contributed by atoms with Crippen molar-refractivity contribution in [2.24, 2.45) is 5.92 Å². The lowest BCUT2D eigenvalue weighted by molar-refractivity contribution is 0.188. The summed E-state index contributed by atoms with van der Waals surface area (Å²) >= 11 is 0. The molecule has 0 saturated carbocycles. The zero-order chi connectivity index (χ0) is 13.6. The van der Waals surface area contributed by atoms with Gasteiger partial charge in [-0.1, -0.05) is 50.3 Å². The Labute approximate surface area is 109 Å². The summed E-state index contributed by atoms with van der Waals surface area (Å²) in [6.07, 6.45) is 1.96. The SMILES string of the molecule is C=CC(CC(C)C)OP(=O)(O)Cc1ccccc1. The molecule has 0 heterocycles. The molecule has 0 spiro atoms. The normalized spacial score (nSPS) is 16.2. The summed E-state index contributed by atoms with van der Waals surface area (Å²) in [4.78, 5) is 9.87. The molecule has 0 aliphatic carbocycles. The van der Waals surface area contributed by atoms with Crippen molar-refractivity contribution in [2.75, 3.05) is 0 Å². The molecule has 0 radical (unpaired) electrons. The fraction of sp³-hybridized carbons (Fsp3) is 0.429. The van der Waals surface area contributed by atoms with Crippen molar-refractivity contribution in [1.82, 2.24) is 0 Å². The van der Waals surface area contributed by atoms with Gasteiger partial charge in [-0.2, -0.15) is 0 Å². The largest absolute Gasteiger partial charge is 0.333 e. The van der Waals surface area contributed by atoms with Gasteiger partial charge in [-0.25, -0.2) is 0 Å². The highest BCUT2D eigenvalue weighted by atomic mass is 31.2. The van der Waals surface area contributed by atoms with Gasteiger partial charge in [0, 0.05) is 0 Å². The van der Waals surface area contributed by atoms with Gasteiger partial charge in [-0.15, -0.1) is 6.58 Å². The number of benzene rings is 1. The van der Waals surface area contributed by atoms with Gasteiger partial charge in [0.2, 0.25) is 0 Å². The van der Waals surface area contributed by atoms with E-state index in [-0.39, 0.29) is 12.3 Å². The van der Waals surface area contributed by atoms with Crippen molar-refractivity contribution < 1.29 is 14.0 Å². The summed E-state index contributed by atoms with van der Waals surface area (Å²) in [6, 6.07) is 9.19. The van der Waals surface area contributed by atoms with Crippen molar-refractivity contribution in [1.29, 1.82) is 0 Å². The molecule has 0 aromatic heterocycles. The third-order valence-electron chi connectivity index (χ3n) is 2.49. The lowest BCUT2D eigenvalue weighted by atomic mass is 10.1. The van der Waals surface area contributed by atoms with Crippen LogP contribution in [0.5, 0.6) is 0 Å². The first-order chi connectivity index (χ1) is 8.43. The Morgan fingerprint density at radius 3 is 2.50 bits per heavy atom. The van der Waals surface area contributed by atoms with E-state index >= 15 is 0 Å². The van der Waals surface area contributed by atoms with Crippen LogP contribution in [-0.4, -0.2) is 11.0 Å². The van der Waals surface area contributed by atoms with Crippen LogP contribution >= 0.6 is 7.60 Å². The maximum atomic E-state index is 12.0. The van der Waals surface area contributed by atoms with Gasteiger partial charge in [-0.05, 0) is 17.9 Å². The van der Waals surface area contributed by atoms with Crippen molar-refractivity contribution >= 4 is 7.60 Å². The van der Waals surface area contributed by atoms with Gasteiger partial charge in [0.25, 0.3) is 0 Å². The molecular weight excluding hydrogens is 247 g/mol. The van der Waals surface area contributed by atoms with Crippen LogP contribution in [0.15, 0.2) is 43.0 Å². The quantitative estimate of drug-likeness (QED) is 0.600. The second-order valence-corrected chi connectivity index (χ2v) is 6.59. The van der Waals surface area contributed by atoms with E-state index in [0.29, 0.717) is 12.3 Å². The highest BCUT2D eigenvalue weighted by Crippen LogP contribution is 2.47. The molecule has 18 heavy (non-hydrogen) atoms. The van der Waals surface area contributed by atoms with Gasteiger partial charge in [-0.3, -0.25) is 4.57 Å². The molecule has 0 aliphatic rings. The van der Waals surface area contributed by atoms with Crippen LogP contribution in [0.2, 0.25) is 0 Å². The average Bonchev–Trinajstić information content (AvgIpc) is 2.27. The maximum Gasteiger partial charge on any atom is 0.333 e. The molecule has 1 rings (SSSR count). The molecule has 2 unspecified atom stereocenters. The molecule has 3 nitrogen and oxygen atoms in total. The number of hydrogen-bond acceptors (Lipinski definition) is 2. The van der Waals surface area contributed by atoms with E-state index in [1.54, 1.807) is 6.08 Å². The standard InChI is InChI=1S/C14H21O3P/c1-4-14(10-12(2)3)17-18(15,16)11-13-8-6-5-7-9-13/h4-9,12,14H,1,10-11H2,2-3H3,(H,15,16). The predicted octanol–water partition coefficient (Wildman–Crippen LogP) is 3.99. The zero-order valence-corrected chi connectivity index (χ0v) is 11.8. The van der Waals surface area contributed by atoms with E-state index in [1.807, 2.05) is 44.2 Å².